The molecule has 0 radical (unpaired) electrons. The number of hydrogen-bond acceptors (Lipinski definition) is 2. The van der Waals surface area contributed by atoms with Gasteiger partial charge in [0, 0.05) is 12.4 Å². The second-order valence-corrected chi connectivity index (χ2v) is 3.22. The molecule has 3 heteroatoms. The summed E-state index contributed by atoms with van der Waals surface area (Å²) >= 11 is 0. The van der Waals surface area contributed by atoms with Crippen LogP contribution in [0.15, 0.2) is 23.4 Å². The van der Waals surface area contributed by atoms with Gasteiger partial charge in [0.25, 0.3) is 0 Å². The molecule has 0 aliphatic carbocycles. The van der Waals surface area contributed by atoms with Crippen molar-refractivity contribution >= 4 is 6.21 Å². The first-order valence-electron chi connectivity index (χ1n) is 5.41. The monoisotopic (exact) mass is 207 g/mol. The summed E-state index contributed by atoms with van der Waals surface area (Å²) in [4.78, 5) is 0. The quantitative estimate of drug-likeness (QED) is 0.724. The van der Waals surface area contributed by atoms with Crippen molar-refractivity contribution < 1.29 is 0 Å². The Morgan fingerprint density at radius 1 is 1.40 bits per heavy atom. The second-order valence-electron chi connectivity index (χ2n) is 3.22. The van der Waals surface area contributed by atoms with Crippen LogP contribution in [0, 0.1) is 5.41 Å². The second kappa shape index (κ2) is 6.98. The SMILES string of the molecule is C/C=N\n1ccc(C(C)C)cc1=N.CC. The molecule has 0 bridgehead atoms. The Bertz CT molecular complexity index is 361. The van der Waals surface area contributed by atoms with Gasteiger partial charge in [0.1, 0.15) is 5.49 Å². The lowest BCUT2D eigenvalue weighted by Crippen LogP contribution is -2.15. The van der Waals surface area contributed by atoms with Gasteiger partial charge in [-0.1, -0.05) is 27.7 Å². The number of hydrogen-bond donors (Lipinski definition) is 1. The molecule has 0 fully saturated rings. The molecule has 0 unspecified atom stereocenters. The van der Waals surface area contributed by atoms with Gasteiger partial charge in [0.05, 0.1) is 0 Å². The van der Waals surface area contributed by atoms with E-state index in [2.05, 4.69) is 18.9 Å². The molecule has 0 amide bonds. The third-order valence-electron chi connectivity index (χ3n) is 1.86. The van der Waals surface area contributed by atoms with Crippen LogP contribution in [-0.4, -0.2) is 10.9 Å². The maximum absolute atomic E-state index is 7.66. The van der Waals surface area contributed by atoms with Gasteiger partial charge in [-0.25, -0.2) is 4.68 Å². The summed E-state index contributed by atoms with van der Waals surface area (Å²) in [5.74, 6) is 0.462. The Balaban J connectivity index is 0.000000921. The van der Waals surface area contributed by atoms with Crippen molar-refractivity contribution in [1.29, 1.82) is 5.41 Å². The van der Waals surface area contributed by atoms with E-state index in [0.29, 0.717) is 11.4 Å². The zero-order chi connectivity index (χ0) is 11.8. The lowest BCUT2D eigenvalue weighted by atomic mass is 10.1. The summed E-state index contributed by atoms with van der Waals surface area (Å²) in [7, 11) is 0. The van der Waals surface area contributed by atoms with Crippen molar-refractivity contribution in [2.75, 3.05) is 0 Å². The first-order valence-corrected chi connectivity index (χ1v) is 5.41. The normalized spacial score (nSPS) is 10.3. The molecule has 0 spiro atoms. The standard InChI is InChI=1S/C10H15N3.C2H6/c1-4-12-13-6-5-9(8(2)3)7-10(13)11;1-2/h4-8,11H,1-3H3;1-2H3/b11-10?,12-4-;. The average Bonchev–Trinajstić information content (AvgIpc) is 2.24. The molecule has 1 N–H and O–H groups in total. The van der Waals surface area contributed by atoms with Gasteiger partial charge < -0.3 is 0 Å². The van der Waals surface area contributed by atoms with Crippen LogP contribution in [0.2, 0.25) is 0 Å². The lowest BCUT2D eigenvalue weighted by molar-refractivity contribution is 0.768. The average molecular weight is 207 g/mol. The van der Waals surface area contributed by atoms with Gasteiger partial charge in [-0.3, -0.25) is 5.41 Å². The fraction of sp³-hybridized carbons (Fsp3) is 0.500. The molecule has 1 heterocycles. The van der Waals surface area contributed by atoms with Crippen molar-refractivity contribution in [3.05, 3.63) is 29.4 Å². The Labute approximate surface area is 92.0 Å². The molecule has 0 aromatic carbocycles. The van der Waals surface area contributed by atoms with E-state index in [1.54, 1.807) is 10.9 Å². The first kappa shape index (κ1) is 13.6. The van der Waals surface area contributed by atoms with E-state index in [1.807, 2.05) is 39.1 Å². The highest BCUT2D eigenvalue weighted by Crippen LogP contribution is 2.10. The van der Waals surface area contributed by atoms with Crippen LogP contribution in [0.5, 0.6) is 0 Å². The number of pyridine rings is 1. The van der Waals surface area contributed by atoms with Crippen molar-refractivity contribution in [2.45, 2.75) is 40.5 Å². The van der Waals surface area contributed by atoms with Crippen LogP contribution in [0.4, 0.5) is 0 Å². The van der Waals surface area contributed by atoms with E-state index in [9.17, 15) is 0 Å². The van der Waals surface area contributed by atoms with E-state index in [1.165, 1.54) is 5.56 Å². The van der Waals surface area contributed by atoms with E-state index < -0.39 is 0 Å². The lowest BCUT2D eigenvalue weighted by Gasteiger charge is -2.05. The summed E-state index contributed by atoms with van der Waals surface area (Å²) in [5.41, 5.74) is 1.59. The van der Waals surface area contributed by atoms with Gasteiger partial charge in [0.2, 0.25) is 0 Å². The van der Waals surface area contributed by atoms with Crippen molar-refractivity contribution in [2.24, 2.45) is 5.10 Å². The molecule has 1 aromatic heterocycles. The van der Waals surface area contributed by atoms with E-state index in [-0.39, 0.29) is 0 Å². The van der Waals surface area contributed by atoms with Gasteiger partial charge in [0.15, 0.2) is 0 Å². The number of aromatic nitrogens is 1. The van der Waals surface area contributed by atoms with Crippen LogP contribution in [-0.2, 0) is 0 Å². The molecule has 15 heavy (non-hydrogen) atoms. The molecule has 0 atom stereocenters. The molecule has 0 aliphatic rings. The molecule has 0 aliphatic heterocycles. The van der Waals surface area contributed by atoms with Crippen LogP contribution in [0.3, 0.4) is 0 Å². The number of nitrogens with zero attached hydrogens (tertiary/aromatic N) is 2. The third-order valence-corrected chi connectivity index (χ3v) is 1.86. The third kappa shape index (κ3) is 4.11. The Morgan fingerprint density at radius 3 is 2.40 bits per heavy atom. The first-order chi connectivity index (χ1) is 7.15. The summed E-state index contributed by atoms with van der Waals surface area (Å²) in [6, 6.07) is 3.84. The Morgan fingerprint density at radius 2 is 2.00 bits per heavy atom. The minimum atomic E-state index is 0.421. The largest absolute Gasteiger partial charge is 0.283 e. The molecule has 84 valence electrons. The highest BCUT2D eigenvalue weighted by Gasteiger charge is 1.98. The molecular weight excluding hydrogens is 186 g/mol. The maximum atomic E-state index is 7.66. The molecule has 0 saturated carbocycles. The van der Waals surface area contributed by atoms with E-state index in [4.69, 9.17) is 5.41 Å². The fourth-order valence-corrected chi connectivity index (χ4v) is 1.09. The fourth-order valence-electron chi connectivity index (χ4n) is 1.09. The van der Waals surface area contributed by atoms with E-state index >= 15 is 0 Å². The summed E-state index contributed by atoms with van der Waals surface area (Å²) in [6.07, 6.45) is 3.49. The minimum absolute atomic E-state index is 0.421. The van der Waals surface area contributed by atoms with Crippen LogP contribution in [0.25, 0.3) is 0 Å². The molecule has 0 saturated heterocycles. The number of rotatable bonds is 2. The van der Waals surface area contributed by atoms with Crippen molar-refractivity contribution in [3.8, 4) is 0 Å². The van der Waals surface area contributed by atoms with Crippen LogP contribution >= 0.6 is 0 Å². The van der Waals surface area contributed by atoms with Crippen LogP contribution < -0.4 is 5.49 Å². The highest BCUT2D eigenvalue weighted by molar-refractivity contribution is 5.52. The summed E-state index contributed by atoms with van der Waals surface area (Å²) < 4.78 is 1.55. The molecule has 1 rings (SSSR count). The van der Waals surface area contributed by atoms with Gasteiger partial charge in [-0.05, 0) is 30.5 Å². The minimum Gasteiger partial charge on any atom is -0.283 e. The van der Waals surface area contributed by atoms with Crippen molar-refractivity contribution in [1.82, 2.24) is 4.68 Å². The predicted molar refractivity (Wildman–Crippen MR) is 65.3 cm³/mol. The maximum Gasteiger partial charge on any atom is 0.146 e. The summed E-state index contributed by atoms with van der Waals surface area (Å²) in [6.45, 7) is 10.1. The smallest absolute Gasteiger partial charge is 0.146 e. The predicted octanol–water partition coefficient (Wildman–Crippen LogP) is 2.97. The van der Waals surface area contributed by atoms with Crippen LogP contribution in [0.1, 0.15) is 46.1 Å². The molecule has 1 aromatic rings. The summed E-state index contributed by atoms with van der Waals surface area (Å²) in [5, 5.41) is 11.7. The van der Waals surface area contributed by atoms with Gasteiger partial charge >= 0.3 is 0 Å². The molecule has 3 nitrogen and oxygen atoms in total. The van der Waals surface area contributed by atoms with Crippen molar-refractivity contribution in [3.63, 3.8) is 0 Å². The highest BCUT2D eigenvalue weighted by atomic mass is 15.3. The van der Waals surface area contributed by atoms with E-state index in [0.717, 1.165) is 0 Å². The molecular formula is C12H21N3. The Kier molecular flexibility index (Phi) is 6.34. The van der Waals surface area contributed by atoms with Gasteiger partial charge in [-0.2, -0.15) is 5.10 Å². The zero-order valence-electron chi connectivity index (χ0n) is 10.3. The number of nitrogens with one attached hydrogen (secondary N) is 1. The van der Waals surface area contributed by atoms with Gasteiger partial charge in [-0.15, -0.1) is 0 Å². The Hall–Kier alpha value is -1.38. The zero-order valence-corrected chi connectivity index (χ0v) is 10.3. The topological polar surface area (TPSA) is 41.1 Å².